The Kier molecular flexibility index (Phi) is 7.16. The van der Waals surface area contributed by atoms with Gasteiger partial charge in [0.1, 0.15) is 0 Å². The second-order valence-corrected chi connectivity index (χ2v) is 6.59. The van der Waals surface area contributed by atoms with E-state index in [-0.39, 0.29) is 19.6 Å². The van der Waals surface area contributed by atoms with E-state index in [9.17, 15) is 26.4 Å². The fraction of sp³-hybridized carbons (Fsp3) is 0.556. The Bertz CT molecular complexity index is 529. The van der Waals surface area contributed by atoms with E-state index in [1.54, 1.807) is 0 Å². The molecule has 0 rings (SSSR count). The van der Waals surface area contributed by atoms with Crippen molar-refractivity contribution in [3.63, 3.8) is 0 Å². The summed E-state index contributed by atoms with van der Waals surface area (Å²) in [5.74, 6) is 0. The third kappa shape index (κ3) is 7.45. The zero-order valence-corrected chi connectivity index (χ0v) is 12.1. The molecular formula is C9H15NO8S2. The molecule has 0 aromatic heterocycles. The van der Waals surface area contributed by atoms with Crippen molar-refractivity contribution in [3.8, 4) is 0 Å². The van der Waals surface area contributed by atoms with Gasteiger partial charge in [0, 0.05) is 32.5 Å². The maximum atomic E-state index is 11.0. The summed E-state index contributed by atoms with van der Waals surface area (Å²) in [6, 6.07) is 0. The van der Waals surface area contributed by atoms with Crippen LogP contribution in [-0.4, -0.2) is 60.7 Å². The fourth-order valence-corrected chi connectivity index (χ4v) is 1.93. The Morgan fingerprint density at radius 1 is 0.950 bits per heavy atom. The lowest BCUT2D eigenvalue weighted by atomic mass is 10.3. The normalized spacial score (nSPS) is 12.3. The number of nitrogens with zero attached hydrogens (tertiary/aromatic N) is 1. The molecule has 0 atom stereocenters. The maximum absolute atomic E-state index is 11.0. The van der Waals surface area contributed by atoms with Gasteiger partial charge < -0.3 is 0 Å². The van der Waals surface area contributed by atoms with Crippen LogP contribution in [0.5, 0.6) is 0 Å². The van der Waals surface area contributed by atoms with Crippen LogP contribution in [0.3, 0.4) is 0 Å². The molecule has 0 unspecified atom stereocenters. The smallest absolute Gasteiger partial charge is 0.299 e. The molecule has 0 fully saturated rings. The predicted molar refractivity (Wildman–Crippen MR) is 69.0 cm³/mol. The molecule has 11 heteroatoms. The number of hydrogen-bond acceptors (Lipinski definition) is 7. The monoisotopic (exact) mass is 329 g/mol. The van der Waals surface area contributed by atoms with E-state index in [4.69, 9.17) is 9.11 Å². The van der Waals surface area contributed by atoms with Gasteiger partial charge in [-0.3, -0.25) is 23.6 Å². The van der Waals surface area contributed by atoms with Crippen molar-refractivity contribution in [2.45, 2.75) is 12.8 Å². The van der Waals surface area contributed by atoms with Crippen LogP contribution in [0.2, 0.25) is 0 Å². The van der Waals surface area contributed by atoms with Crippen LogP contribution in [0, 0.1) is 0 Å². The van der Waals surface area contributed by atoms with Gasteiger partial charge in [0.05, 0.1) is 0 Å². The molecule has 20 heavy (non-hydrogen) atoms. The van der Waals surface area contributed by atoms with Gasteiger partial charge >= 0.3 is 20.2 Å². The van der Waals surface area contributed by atoms with E-state index in [1.165, 1.54) is 11.0 Å². The number of carbonyl (C=O) groups excluding carboxylic acids is 2. The van der Waals surface area contributed by atoms with Crippen LogP contribution in [0.25, 0.3) is 0 Å². The molecule has 0 aliphatic rings. The first kappa shape index (κ1) is 18.9. The van der Waals surface area contributed by atoms with Gasteiger partial charge in [-0.1, -0.05) is 6.08 Å². The molecule has 0 heterocycles. The number of carbonyl (C=O) groups is 2. The summed E-state index contributed by atoms with van der Waals surface area (Å²) in [7, 11) is -9.52. The van der Waals surface area contributed by atoms with Crippen molar-refractivity contribution in [3.05, 3.63) is 12.7 Å². The van der Waals surface area contributed by atoms with Crippen molar-refractivity contribution in [1.29, 1.82) is 0 Å². The van der Waals surface area contributed by atoms with Crippen molar-refractivity contribution >= 4 is 30.5 Å². The topological polar surface area (TPSA) is 146 Å². The van der Waals surface area contributed by atoms with Crippen LogP contribution in [-0.2, 0) is 29.8 Å². The standard InChI is InChI=1S/C9H15NO8S2/c1-2-5-10(6-3-8(11)19(13,14)15)7-4-9(12)20(16,17)18/h2H,1,3-7H2,(H,13,14,15)(H,16,17,18). The van der Waals surface area contributed by atoms with Gasteiger partial charge in [0.2, 0.25) is 0 Å². The molecule has 0 aliphatic heterocycles. The molecule has 0 aromatic rings. The first-order chi connectivity index (χ1) is 8.98. The maximum Gasteiger partial charge on any atom is 0.328 e. The molecule has 116 valence electrons. The molecule has 0 saturated carbocycles. The minimum Gasteiger partial charge on any atom is -0.299 e. The Hall–Kier alpha value is -1.14. The van der Waals surface area contributed by atoms with E-state index in [1.807, 2.05) is 0 Å². The van der Waals surface area contributed by atoms with E-state index in [0.717, 1.165) is 0 Å². The van der Waals surface area contributed by atoms with Crippen molar-refractivity contribution in [2.75, 3.05) is 19.6 Å². The highest BCUT2D eigenvalue weighted by atomic mass is 32.2. The van der Waals surface area contributed by atoms with Crippen LogP contribution in [0.4, 0.5) is 0 Å². The summed E-state index contributed by atoms with van der Waals surface area (Å²) in [4.78, 5) is 23.3. The Labute approximate surface area is 116 Å². The average Bonchev–Trinajstić information content (AvgIpc) is 2.29. The van der Waals surface area contributed by atoms with Crippen molar-refractivity contribution in [1.82, 2.24) is 4.90 Å². The van der Waals surface area contributed by atoms with Gasteiger partial charge in [-0.25, -0.2) is 0 Å². The van der Waals surface area contributed by atoms with E-state index < -0.39 is 43.3 Å². The molecule has 0 amide bonds. The van der Waals surface area contributed by atoms with E-state index in [0.29, 0.717) is 0 Å². The zero-order chi connectivity index (χ0) is 16.0. The summed E-state index contributed by atoms with van der Waals surface area (Å²) < 4.78 is 58.9. The molecule has 9 nitrogen and oxygen atoms in total. The molecule has 0 radical (unpaired) electrons. The molecule has 0 spiro atoms. The molecular weight excluding hydrogens is 314 g/mol. The zero-order valence-electron chi connectivity index (χ0n) is 10.4. The van der Waals surface area contributed by atoms with Gasteiger partial charge in [0.15, 0.2) is 0 Å². The highest BCUT2D eigenvalue weighted by Gasteiger charge is 2.21. The fourth-order valence-electron chi connectivity index (χ4n) is 1.23. The Morgan fingerprint density at radius 3 is 1.55 bits per heavy atom. The van der Waals surface area contributed by atoms with Gasteiger partial charge in [-0.2, -0.15) is 16.8 Å². The van der Waals surface area contributed by atoms with Gasteiger partial charge in [-0.15, -0.1) is 6.58 Å². The highest BCUT2D eigenvalue weighted by molar-refractivity contribution is 8.01. The van der Waals surface area contributed by atoms with Crippen molar-refractivity contribution in [2.24, 2.45) is 0 Å². The van der Waals surface area contributed by atoms with Crippen LogP contribution < -0.4 is 0 Å². The third-order valence-electron chi connectivity index (χ3n) is 2.23. The molecule has 2 N–H and O–H groups in total. The highest BCUT2D eigenvalue weighted by Crippen LogP contribution is 2.01. The lowest BCUT2D eigenvalue weighted by Crippen LogP contribution is -2.31. The minimum absolute atomic E-state index is 0.122. The summed E-state index contributed by atoms with van der Waals surface area (Å²) >= 11 is 0. The SMILES string of the molecule is C=CCN(CCC(=O)S(=O)(=O)O)CCC(=O)S(=O)(=O)O. The second-order valence-electron chi connectivity index (χ2n) is 3.78. The second kappa shape index (κ2) is 7.59. The number of hydrogen-bond donors (Lipinski definition) is 2. The first-order valence-electron chi connectivity index (χ1n) is 5.32. The third-order valence-corrected chi connectivity index (χ3v) is 3.79. The van der Waals surface area contributed by atoms with E-state index in [2.05, 4.69) is 6.58 Å². The van der Waals surface area contributed by atoms with Crippen molar-refractivity contribution < 1.29 is 35.5 Å². The quantitative estimate of drug-likeness (QED) is 0.426. The van der Waals surface area contributed by atoms with Gasteiger partial charge in [0.25, 0.3) is 10.2 Å². The Morgan fingerprint density at radius 2 is 1.30 bits per heavy atom. The summed E-state index contributed by atoms with van der Waals surface area (Å²) in [5, 5.41) is -2.76. The number of rotatable bonds is 8. The van der Waals surface area contributed by atoms with Crippen LogP contribution in [0.1, 0.15) is 12.8 Å². The first-order valence-corrected chi connectivity index (χ1v) is 8.20. The van der Waals surface area contributed by atoms with Gasteiger partial charge in [-0.05, 0) is 0 Å². The van der Waals surface area contributed by atoms with Crippen LogP contribution in [0.15, 0.2) is 12.7 Å². The predicted octanol–water partition coefficient (Wildman–Crippen LogP) is -0.917. The largest absolute Gasteiger partial charge is 0.328 e. The molecule has 0 bridgehead atoms. The summed E-state index contributed by atoms with van der Waals surface area (Å²) in [6.07, 6.45) is 0.356. The summed E-state index contributed by atoms with van der Waals surface area (Å²) in [6.45, 7) is 3.33. The minimum atomic E-state index is -4.76. The average molecular weight is 329 g/mol. The lowest BCUT2D eigenvalue weighted by Gasteiger charge is -2.18. The summed E-state index contributed by atoms with van der Waals surface area (Å²) in [5.41, 5.74) is 0. The molecule has 0 saturated heterocycles. The lowest BCUT2D eigenvalue weighted by molar-refractivity contribution is -0.112. The van der Waals surface area contributed by atoms with Crippen LogP contribution >= 0.6 is 0 Å². The Balaban J connectivity index is 4.49. The molecule has 0 aromatic carbocycles. The molecule has 0 aliphatic carbocycles. The van der Waals surface area contributed by atoms with E-state index >= 15 is 0 Å².